The van der Waals surface area contributed by atoms with Crippen molar-refractivity contribution in [2.75, 3.05) is 26.7 Å². The molecular formula is C22H27N5O2. The number of rotatable bonds is 8. The number of pyridine rings is 1. The van der Waals surface area contributed by atoms with Crippen LogP contribution in [-0.2, 0) is 17.8 Å². The first-order valence-corrected chi connectivity index (χ1v) is 10.2. The van der Waals surface area contributed by atoms with Gasteiger partial charge in [-0.2, -0.15) is 5.10 Å². The number of amides is 1. The van der Waals surface area contributed by atoms with E-state index in [1.54, 1.807) is 13.3 Å². The van der Waals surface area contributed by atoms with Crippen LogP contribution in [0.2, 0.25) is 0 Å². The van der Waals surface area contributed by atoms with Gasteiger partial charge in [0.1, 0.15) is 5.75 Å². The highest BCUT2D eigenvalue weighted by Crippen LogP contribution is 2.27. The molecular weight excluding hydrogens is 366 g/mol. The van der Waals surface area contributed by atoms with Gasteiger partial charge in [0.15, 0.2) is 5.65 Å². The summed E-state index contributed by atoms with van der Waals surface area (Å²) < 4.78 is 7.08. The molecule has 0 aliphatic carbocycles. The Balaban J connectivity index is 1.32. The Morgan fingerprint density at radius 1 is 1.31 bits per heavy atom. The molecule has 152 valence electrons. The van der Waals surface area contributed by atoms with Crippen LogP contribution >= 0.6 is 0 Å². The maximum atomic E-state index is 12.2. The molecule has 1 unspecified atom stereocenters. The Kier molecular flexibility index (Phi) is 6.05. The van der Waals surface area contributed by atoms with Crippen LogP contribution in [0.3, 0.4) is 0 Å². The number of hydrogen-bond acceptors (Lipinski definition) is 5. The Morgan fingerprint density at radius 3 is 2.93 bits per heavy atom. The van der Waals surface area contributed by atoms with Crippen molar-refractivity contribution in [1.82, 2.24) is 25.4 Å². The van der Waals surface area contributed by atoms with Crippen molar-refractivity contribution >= 4 is 16.9 Å². The Labute approximate surface area is 170 Å². The molecule has 1 atom stereocenters. The van der Waals surface area contributed by atoms with E-state index in [1.807, 2.05) is 35.0 Å². The number of ether oxygens (including phenoxy) is 1. The average molecular weight is 393 g/mol. The highest BCUT2D eigenvalue weighted by atomic mass is 16.5. The van der Waals surface area contributed by atoms with Crippen molar-refractivity contribution in [2.45, 2.75) is 31.7 Å². The standard InChI is InChI=1S/C22H27N5O2/c1-29-18-7-4-16(5-8-18)6-9-20(28)24-13-14-27-22-19(3-2-11-25-22)21(26-27)17-10-12-23-15-17/h2-5,7-8,11,17,23H,6,9-10,12-15H2,1H3,(H,24,28). The fourth-order valence-electron chi connectivity index (χ4n) is 3.82. The monoisotopic (exact) mass is 393 g/mol. The summed E-state index contributed by atoms with van der Waals surface area (Å²) in [5.74, 6) is 1.30. The van der Waals surface area contributed by atoms with Crippen molar-refractivity contribution in [3.63, 3.8) is 0 Å². The van der Waals surface area contributed by atoms with Crippen molar-refractivity contribution in [2.24, 2.45) is 0 Å². The summed E-state index contributed by atoms with van der Waals surface area (Å²) >= 11 is 0. The van der Waals surface area contributed by atoms with Crippen LogP contribution in [0.15, 0.2) is 42.6 Å². The second kappa shape index (κ2) is 9.05. The van der Waals surface area contributed by atoms with E-state index in [4.69, 9.17) is 9.84 Å². The van der Waals surface area contributed by atoms with E-state index in [9.17, 15) is 4.79 Å². The van der Waals surface area contributed by atoms with E-state index >= 15 is 0 Å². The van der Waals surface area contributed by atoms with Gasteiger partial charge in [-0.05, 0) is 49.2 Å². The Bertz CT molecular complexity index is 961. The molecule has 7 nitrogen and oxygen atoms in total. The predicted octanol–water partition coefficient (Wildman–Crippen LogP) is 2.27. The number of nitrogens with one attached hydrogen (secondary N) is 2. The number of methoxy groups -OCH3 is 1. The fourth-order valence-corrected chi connectivity index (χ4v) is 3.82. The molecule has 1 amide bonds. The first-order valence-electron chi connectivity index (χ1n) is 10.2. The van der Waals surface area contributed by atoms with Gasteiger partial charge >= 0.3 is 0 Å². The third kappa shape index (κ3) is 4.56. The summed E-state index contributed by atoms with van der Waals surface area (Å²) in [6.07, 6.45) is 4.07. The number of aromatic nitrogens is 3. The fraction of sp³-hybridized carbons (Fsp3) is 0.409. The molecule has 1 fully saturated rings. The van der Waals surface area contributed by atoms with E-state index in [2.05, 4.69) is 21.7 Å². The number of benzene rings is 1. The molecule has 3 aromatic rings. The van der Waals surface area contributed by atoms with Crippen LogP contribution < -0.4 is 15.4 Å². The summed E-state index contributed by atoms with van der Waals surface area (Å²) in [6.45, 7) is 3.14. The number of hydrogen-bond donors (Lipinski definition) is 2. The third-order valence-corrected chi connectivity index (χ3v) is 5.43. The molecule has 4 rings (SSSR count). The number of carbonyl (C=O) groups excluding carboxylic acids is 1. The predicted molar refractivity (Wildman–Crippen MR) is 112 cm³/mol. The third-order valence-electron chi connectivity index (χ3n) is 5.43. The summed E-state index contributed by atoms with van der Waals surface area (Å²) in [5, 5.41) is 12.4. The molecule has 29 heavy (non-hydrogen) atoms. The smallest absolute Gasteiger partial charge is 0.220 e. The maximum Gasteiger partial charge on any atom is 0.220 e. The zero-order valence-electron chi connectivity index (χ0n) is 16.7. The van der Waals surface area contributed by atoms with Crippen molar-refractivity contribution in [3.05, 3.63) is 53.9 Å². The van der Waals surface area contributed by atoms with Gasteiger partial charge in [-0.15, -0.1) is 0 Å². The van der Waals surface area contributed by atoms with Gasteiger partial charge in [0, 0.05) is 37.0 Å². The second-order valence-electron chi connectivity index (χ2n) is 7.37. The highest BCUT2D eigenvalue weighted by Gasteiger charge is 2.23. The topological polar surface area (TPSA) is 81.1 Å². The molecule has 2 N–H and O–H groups in total. The minimum absolute atomic E-state index is 0.0467. The molecule has 0 radical (unpaired) electrons. The van der Waals surface area contributed by atoms with Gasteiger partial charge in [0.05, 0.1) is 19.3 Å². The number of nitrogens with zero attached hydrogens (tertiary/aromatic N) is 3. The summed E-state index contributed by atoms with van der Waals surface area (Å²) in [7, 11) is 1.65. The minimum atomic E-state index is 0.0467. The molecule has 2 aromatic heterocycles. The number of aryl methyl sites for hydroxylation is 1. The van der Waals surface area contributed by atoms with E-state index in [-0.39, 0.29) is 5.91 Å². The lowest BCUT2D eigenvalue weighted by molar-refractivity contribution is -0.121. The molecule has 7 heteroatoms. The van der Waals surface area contributed by atoms with Crippen molar-refractivity contribution in [3.8, 4) is 5.75 Å². The summed E-state index contributed by atoms with van der Waals surface area (Å²) in [6, 6.07) is 11.9. The lowest BCUT2D eigenvalue weighted by Gasteiger charge is -2.07. The molecule has 0 saturated carbocycles. The number of fused-ring (bicyclic) bond motifs is 1. The van der Waals surface area contributed by atoms with E-state index in [0.29, 0.717) is 31.8 Å². The van der Waals surface area contributed by atoms with Crippen molar-refractivity contribution < 1.29 is 9.53 Å². The Morgan fingerprint density at radius 2 is 2.17 bits per heavy atom. The van der Waals surface area contributed by atoms with Crippen LogP contribution in [0.25, 0.3) is 11.0 Å². The van der Waals surface area contributed by atoms with Gasteiger partial charge in [-0.25, -0.2) is 9.67 Å². The van der Waals surface area contributed by atoms with Gasteiger partial charge in [0.25, 0.3) is 0 Å². The van der Waals surface area contributed by atoms with Crippen LogP contribution in [0.4, 0.5) is 0 Å². The van der Waals surface area contributed by atoms with Gasteiger partial charge in [-0.3, -0.25) is 4.79 Å². The van der Waals surface area contributed by atoms with Gasteiger partial charge < -0.3 is 15.4 Å². The maximum absolute atomic E-state index is 12.2. The zero-order chi connectivity index (χ0) is 20.1. The molecule has 1 aliphatic heterocycles. The summed E-state index contributed by atoms with van der Waals surface area (Å²) in [5.41, 5.74) is 3.13. The molecule has 0 spiro atoms. The minimum Gasteiger partial charge on any atom is -0.497 e. The Hall–Kier alpha value is -2.93. The highest BCUT2D eigenvalue weighted by molar-refractivity contribution is 5.79. The van der Waals surface area contributed by atoms with Gasteiger partial charge in [-0.1, -0.05) is 12.1 Å². The van der Waals surface area contributed by atoms with Crippen LogP contribution in [0.1, 0.15) is 30.0 Å². The first kappa shape index (κ1) is 19.4. The molecule has 1 saturated heterocycles. The average Bonchev–Trinajstić information content (AvgIpc) is 3.41. The molecule has 1 aromatic carbocycles. The lowest BCUT2D eigenvalue weighted by Crippen LogP contribution is -2.27. The van der Waals surface area contributed by atoms with E-state index < -0.39 is 0 Å². The van der Waals surface area contributed by atoms with E-state index in [1.165, 1.54) is 0 Å². The normalized spacial score (nSPS) is 16.2. The largest absolute Gasteiger partial charge is 0.497 e. The zero-order valence-corrected chi connectivity index (χ0v) is 16.7. The van der Waals surface area contributed by atoms with Crippen molar-refractivity contribution in [1.29, 1.82) is 0 Å². The van der Waals surface area contributed by atoms with E-state index in [0.717, 1.165) is 47.6 Å². The first-order chi connectivity index (χ1) is 14.2. The SMILES string of the molecule is COc1ccc(CCC(=O)NCCn2nc(C3CCNC3)c3cccnc32)cc1. The quantitative estimate of drug-likeness (QED) is 0.614. The molecule has 1 aliphatic rings. The molecule has 3 heterocycles. The number of carbonyl (C=O) groups is 1. The molecule has 0 bridgehead atoms. The van der Waals surface area contributed by atoms with Crippen LogP contribution in [-0.4, -0.2) is 47.4 Å². The van der Waals surface area contributed by atoms with Gasteiger partial charge in [0.2, 0.25) is 5.91 Å². The second-order valence-corrected chi connectivity index (χ2v) is 7.37. The lowest BCUT2D eigenvalue weighted by atomic mass is 10.0. The van der Waals surface area contributed by atoms with Crippen LogP contribution in [0, 0.1) is 0 Å². The van der Waals surface area contributed by atoms with Crippen LogP contribution in [0.5, 0.6) is 5.75 Å². The summed E-state index contributed by atoms with van der Waals surface area (Å²) in [4.78, 5) is 16.7.